The minimum absolute atomic E-state index is 0.0615. The first-order chi connectivity index (χ1) is 9.65. The summed E-state index contributed by atoms with van der Waals surface area (Å²) in [6.45, 7) is 0. The van der Waals surface area contributed by atoms with Crippen LogP contribution in [0.15, 0.2) is 47.5 Å². The zero-order valence-corrected chi connectivity index (χ0v) is 11.4. The van der Waals surface area contributed by atoms with Gasteiger partial charge in [0.15, 0.2) is 0 Å². The monoisotopic (exact) mass is 288 g/mol. The van der Waals surface area contributed by atoms with Crippen molar-refractivity contribution >= 4 is 28.9 Å². The molecular formula is C16H13ClO3. The summed E-state index contributed by atoms with van der Waals surface area (Å²) < 4.78 is 5.94. The van der Waals surface area contributed by atoms with Crippen molar-refractivity contribution in [1.29, 1.82) is 0 Å². The molecule has 1 heterocycles. The molecule has 3 rings (SSSR count). The van der Waals surface area contributed by atoms with Crippen LogP contribution in [0.3, 0.4) is 0 Å². The summed E-state index contributed by atoms with van der Waals surface area (Å²) in [5.74, 6) is -0.0942. The molecule has 0 fully saturated rings. The van der Waals surface area contributed by atoms with Crippen molar-refractivity contribution in [2.45, 2.75) is 18.9 Å². The number of rotatable bonds is 3. The molecule has 102 valence electrons. The Morgan fingerprint density at radius 1 is 1.30 bits per heavy atom. The Morgan fingerprint density at radius 2 is 2.05 bits per heavy atom. The molecule has 0 amide bonds. The number of benzene rings is 1. The molecule has 3 nitrogen and oxygen atoms in total. The molecule has 0 radical (unpaired) electrons. The number of halogens is 1. The van der Waals surface area contributed by atoms with E-state index < -0.39 is 5.97 Å². The molecule has 0 saturated heterocycles. The SMILES string of the molecule is O=C(O)CCC1=c2ccccc2=C2C=C(Cl)C=CC2O1. The standard InChI is InChI=1S/C16H13ClO3/c17-10-5-6-15-13(9-10)11-3-1-2-4-12(11)14(20-15)7-8-16(18)19/h1-6,9,15H,7-8H2,(H,18,19). The van der Waals surface area contributed by atoms with Crippen molar-refractivity contribution in [3.63, 3.8) is 0 Å². The summed E-state index contributed by atoms with van der Waals surface area (Å²) in [5, 5.41) is 11.5. The highest BCUT2D eigenvalue weighted by Gasteiger charge is 2.22. The highest BCUT2D eigenvalue weighted by Crippen LogP contribution is 2.26. The van der Waals surface area contributed by atoms with E-state index in [2.05, 4.69) is 0 Å². The van der Waals surface area contributed by atoms with E-state index in [9.17, 15) is 4.79 Å². The van der Waals surface area contributed by atoms with Crippen molar-refractivity contribution in [2.75, 3.05) is 0 Å². The maximum atomic E-state index is 10.8. The summed E-state index contributed by atoms with van der Waals surface area (Å²) in [6.07, 6.45) is 5.87. The Labute approximate surface area is 121 Å². The highest BCUT2D eigenvalue weighted by atomic mass is 35.5. The summed E-state index contributed by atoms with van der Waals surface area (Å²) in [4.78, 5) is 10.8. The lowest BCUT2D eigenvalue weighted by molar-refractivity contribution is -0.137. The first-order valence-corrected chi connectivity index (χ1v) is 6.79. The van der Waals surface area contributed by atoms with Gasteiger partial charge in [0.25, 0.3) is 0 Å². The average Bonchev–Trinajstić information content (AvgIpc) is 2.45. The molecule has 20 heavy (non-hydrogen) atoms. The number of hydrogen-bond donors (Lipinski definition) is 1. The average molecular weight is 289 g/mol. The van der Waals surface area contributed by atoms with E-state index in [1.807, 2.05) is 36.4 Å². The van der Waals surface area contributed by atoms with Gasteiger partial charge in [0, 0.05) is 22.2 Å². The van der Waals surface area contributed by atoms with Crippen LogP contribution in [-0.2, 0) is 9.53 Å². The maximum absolute atomic E-state index is 10.8. The van der Waals surface area contributed by atoms with E-state index in [1.165, 1.54) is 0 Å². The van der Waals surface area contributed by atoms with Crippen LogP contribution in [0.25, 0.3) is 11.3 Å². The highest BCUT2D eigenvalue weighted by molar-refractivity contribution is 6.32. The van der Waals surface area contributed by atoms with Gasteiger partial charge in [-0.15, -0.1) is 0 Å². The molecule has 1 unspecified atom stereocenters. The van der Waals surface area contributed by atoms with Gasteiger partial charge < -0.3 is 9.84 Å². The predicted octanol–water partition coefficient (Wildman–Crippen LogP) is 1.90. The normalized spacial score (nSPS) is 19.9. The predicted molar refractivity (Wildman–Crippen MR) is 77.3 cm³/mol. The van der Waals surface area contributed by atoms with E-state index >= 15 is 0 Å². The summed E-state index contributed by atoms with van der Waals surface area (Å²) in [6, 6.07) is 7.85. The van der Waals surface area contributed by atoms with Crippen LogP contribution in [-0.4, -0.2) is 17.2 Å². The number of hydrogen-bond acceptors (Lipinski definition) is 2. The van der Waals surface area contributed by atoms with Crippen molar-refractivity contribution in [3.8, 4) is 0 Å². The smallest absolute Gasteiger partial charge is 0.303 e. The molecule has 4 heteroatoms. The van der Waals surface area contributed by atoms with Crippen LogP contribution in [0.4, 0.5) is 0 Å². The number of fused-ring (bicyclic) bond motifs is 2. The zero-order valence-electron chi connectivity index (χ0n) is 10.7. The second-order valence-electron chi connectivity index (χ2n) is 4.74. The van der Waals surface area contributed by atoms with Gasteiger partial charge in [-0.2, -0.15) is 0 Å². The van der Waals surface area contributed by atoms with Gasteiger partial charge >= 0.3 is 5.97 Å². The first-order valence-electron chi connectivity index (χ1n) is 6.41. The van der Waals surface area contributed by atoms with Crippen LogP contribution < -0.4 is 10.4 Å². The molecule has 1 atom stereocenters. The van der Waals surface area contributed by atoms with Crippen LogP contribution in [0.2, 0.25) is 0 Å². The van der Waals surface area contributed by atoms with Gasteiger partial charge in [-0.25, -0.2) is 0 Å². The Hall–Kier alpha value is -2.00. The Kier molecular flexibility index (Phi) is 3.36. The van der Waals surface area contributed by atoms with Crippen LogP contribution >= 0.6 is 11.6 Å². The lowest BCUT2D eigenvalue weighted by atomic mass is 9.97. The third-order valence-electron chi connectivity index (χ3n) is 3.40. The molecule has 1 aromatic rings. The van der Waals surface area contributed by atoms with Gasteiger partial charge in [-0.05, 0) is 23.4 Å². The van der Waals surface area contributed by atoms with Crippen molar-refractivity contribution < 1.29 is 14.6 Å². The van der Waals surface area contributed by atoms with E-state index in [1.54, 1.807) is 6.08 Å². The summed E-state index contributed by atoms with van der Waals surface area (Å²) >= 11 is 6.06. The van der Waals surface area contributed by atoms with Crippen LogP contribution in [0.5, 0.6) is 0 Å². The molecule has 0 spiro atoms. The molecule has 0 aromatic heterocycles. The fourth-order valence-corrected chi connectivity index (χ4v) is 2.69. The third-order valence-corrected chi connectivity index (χ3v) is 3.64. The van der Waals surface area contributed by atoms with Crippen molar-refractivity contribution in [1.82, 2.24) is 0 Å². The molecule has 0 saturated carbocycles. The molecule has 1 aromatic carbocycles. The minimum atomic E-state index is -0.824. The largest absolute Gasteiger partial charge is 0.485 e. The number of carbonyl (C=O) groups is 1. The quantitative estimate of drug-likeness (QED) is 0.924. The lowest BCUT2D eigenvalue weighted by Gasteiger charge is -2.26. The Bertz CT molecular complexity index is 743. The second-order valence-corrected chi connectivity index (χ2v) is 5.18. The van der Waals surface area contributed by atoms with Crippen LogP contribution in [0, 0.1) is 0 Å². The third kappa shape index (κ3) is 2.37. The number of carboxylic acid groups (broad SMARTS) is 1. The first kappa shape index (κ1) is 13.0. The molecule has 1 aliphatic heterocycles. The van der Waals surface area contributed by atoms with Gasteiger partial charge in [0.2, 0.25) is 0 Å². The van der Waals surface area contributed by atoms with Gasteiger partial charge in [0.1, 0.15) is 11.9 Å². The van der Waals surface area contributed by atoms with Crippen LogP contribution in [0.1, 0.15) is 12.8 Å². The van der Waals surface area contributed by atoms with Crippen molar-refractivity contribution in [2.24, 2.45) is 0 Å². The van der Waals surface area contributed by atoms with Gasteiger partial charge in [-0.3, -0.25) is 4.79 Å². The molecule has 1 aliphatic carbocycles. The molecule has 1 N–H and O–H groups in total. The molecule has 2 aliphatic rings. The van der Waals surface area contributed by atoms with Gasteiger partial charge in [0.05, 0.1) is 6.42 Å². The number of carboxylic acids is 1. The summed E-state index contributed by atoms with van der Waals surface area (Å²) in [7, 11) is 0. The van der Waals surface area contributed by atoms with E-state index in [0.29, 0.717) is 11.5 Å². The number of aliphatic carboxylic acids is 1. The van der Waals surface area contributed by atoms with E-state index in [0.717, 1.165) is 21.8 Å². The zero-order chi connectivity index (χ0) is 14.1. The Balaban J connectivity index is 2.18. The number of allylic oxidation sites excluding steroid dienone is 2. The second kappa shape index (κ2) is 5.17. The fourth-order valence-electron chi connectivity index (χ4n) is 2.50. The van der Waals surface area contributed by atoms with E-state index in [4.69, 9.17) is 21.4 Å². The number of ether oxygens (including phenoxy) is 1. The molecular weight excluding hydrogens is 276 g/mol. The molecule has 0 bridgehead atoms. The summed E-state index contributed by atoms with van der Waals surface area (Å²) in [5.41, 5.74) is 1.02. The van der Waals surface area contributed by atoms with Gasteiger partial charge in [-0.1, -0.05) is 35.9 Å². The fraction of sp³-hybridized carbons (Fsp3) is 0.188. The maximum Gasteiger partial charge on any atom is 0.303 e. The van der Waals surface area contributed by atoms with Crippen molar-refractivity contribution in [3.05, 3.63) is 58.0 Å². The minimum Gasteiger partial charge on any atom is -0.485 e. The Morgan fingerprint density at radius 3 is 2.80 bits per heavy atom. The lowest BCUT2D eigenvalue weighted by Crippen LogP contribution is -2.38. The topological polar surface area (TPSA) is 46.5 Å². The van der Waals surface area contributed by atoms with E-state index in [-0.39, 0.29) is 12.5 Å².